The number of nitrogens with zero attached hydrogens (tertiary/aromatic N) is 1. The van der Waals surface area contributed by atoms with E-state index in [2.05, 4.69) is 5.32 Å². The second kappa shape index (κ2) is 5.12. The number of halogens is 1. The summed E-state index contributed by atoms with van der Waals surface area (Å²) in [6.45, 7) is 0.685. The van der Waals surface area contributed by atoms with E-state index < -0.39 is 10.7 Å². The van der Waals surface area contributed by atoms with Crippen LogP contribution in [-0.2, 0) is 0 Å². The maximum atomic E-state index is 13.0. The van der Waals surface area contributed by atoms with E-state index in [4.69, 9.17) is 0 Å². The molecule has 1 aromatic rings. The number of anilines is 1. The van der Waals surface area contributed by atoms with Crippen LogP contribution in [0.4, 0.5) is 15.8 Å². The lowest BCUT2D eigenvalue weighted by Crippen LogP contribution is -2.12. The van der Waals surface area contributed by atoms with Crippen molar-refractivity contribution in [1.82, 2.24) is 0 Å². The zero-order valence-corrected chi connectivity index (χ0v) is 9.49. The van der Waals surface area contributed by atoms with Crippen LogP contribution in [0, 0.1) is 21.8 Å². The molecule has 1 aromatic carbocycles. The third kappa shape index (κ3) is 2.93. The average Bonchev–Trinajstić information content (AvgIpc) is 2.78. The highest BCUT2D eigenvalue weighted by Gasteiger charge is 2.18. The van der Waals surface area contributed by atoms with Gasteiger partial charge in [-0.15, -0.1) is 0 Å². The summed E-state index contributed by atoms with van der Waals surface area (Å²) in [7, 11) is 0. The van der Waals surface area contributed by atoms with Crippen LogP contribution in [0.25, 0.3) is 0 Å². The molecule has 1 fully saturated rings. The number of nitro groups is 1. The van der Waals surface area contributed by atoms with E-state index in [1.54, 1.807) is 0 Å². The van der Waals surface area contributed by atoms with Crippen LogP contribution in [0.1, 0.15) is 25.7 Å². The molecule has 1 aliphatic carbocycles. The first-order valence-corrected chi connectivity index (χ1v) is 5.84. The molecule has 0 bridgehead atoms. The summed E-state index contributed by atoms with van der Waals surface area (Å²) in [5.41, 5.74) is 0.214. The van der Waals surface area contributed by atoms with E-state index in [0.717, 1.165) is 18.9 Å². The van der Waals surface area contributed by atoms with Gasteiger partial charge in [-0.05, 0) is 24.8 Å². The molecule has 17 heavy (non-hydrogen) atoms. The Bertz CT molecular complexity index is 417. The highest BCUT2D eigenvalue weighted by molar-refractivity contribution is 5.61. The van der Waals surface area contributed by atoms with Gasteiger partial charge >= 0.3 is 0 Å². The first-order chi connectivity index (χ1) is 8.16. The highest BCUT2D eigenvalue weighted by atomic mass is 19.1. The summed E-state index contributed by atoms with van der Waals surface area (Å²) in [5.74, 6) is 0.0994. The normalized spacial score (nSPS) is 16.1. The molecule has 0 heterocycles. The molecule has 92 valence electrons. The quantitative estimate of drug-likeness (QED) is 0.646. The standard InChI is InChI=1S/C12H15FN2O2/c13-10-5-6-12(15(16)17)11(7-10)14-8-9-3-1-2-4-9/h5-7,9,14H,1-4,8H2. The third-order valence-corrected chi connectivity index (χ3v) is 3.21. The topological polar surface area (TPSA) is 55.2 Å². The summed E-state index contributed by atoms with van der Waals surface area (Å²) in [6, 6.07) is 3.50. The molecule has 0 amide bonds. The van der Waals surface area contributed by atoms with Gasteiger partial charge in [0, 0.05) is 18.7 Å². The summed E-state index contributed by atoms with van der Waals surface area (Å²) in [4.78, 5) is 10.3. The molecule has 0 spiro atoms. The van der Waals surface area contributed by atoms with Gasteiger partial charge < -0.3 is 5.32 Å². The Hall–Kier alpha value is -1.65. The summed E-state index contributed by atoms with van der Waals surface area (Å²) in [5, 5.41) is 13.8. The van der Waals surface area contributed by atoms with E-state index in [1.165, 1.54) is 25.0 Å². The van der Waals surface area contributed by atoms with Gasteiger partial charge in [-0.2, -0.15) is 0 Å². The Balaban J connectivity index is 2.07. The van der Waals surface area contributed by atoms with Gasteiger partial charge in [-0.1, -0.05) is 12.8 Å². The molecule has 1 aliphatic rings. The van der Waals surface area contributed by atoms with Gasteiger partial charge in [0.15, 0.2) is 0 Å². The molecular formula is C12H15FN2O2. The van der Waals surface area contributed by atoms with E-state index in [9.17, 15) is 14.5 Å². The zero-order valence-electron chi connectivity index (χ0n) is 9.49. The largest absolute Gasteiger partial charge is 0.379 e. The Kier molecular flexibility index (Phi) is 3.56. The summed E-state index contributed by atoms with van der Waals surface area (Å²) >= 11 is 0. The molecule has 2 rings (SSSR count). The molecule has 4 nitrogen and oxygen atoms in total. The summed E-state index contributed by atoms with van der Waals surface area (Å²) < 4.78 is 13.0. The molecule has 0 saturated heterocycles. The maximum Gasteiger partial charge on any atom is 0.292 e. The molecule has 1 N–H and O–H groups in total. The smallest absolute Gasteiger partial charge is 0.292 e. The second-order valence-electron chi connectivity index (χ2n) is 4.45. The average molecular weight is 238 g/mol. The Morgan fingerprint density at radius 2 is 2.12 bits per heavy atom. The molecule has 0 unspecified atom stereocenters. The maximum absolute atomic E-state index is 13.0. The van der Waals surface area contributed by atoms with Crippen LogP contribution in [0.5, 0.6) is 0 Å². The van der Waals surface area contributed by atoms with Gasteiger partial charge in [-0.3, -0.25) is 10.1 Å². The zero-order chi connectivity index (χ0) is 12.3. The van der Waals surface area contributed by atoms with E-state index in [-0.39, 0.29) is 11.4 Å². The van der Waals surface area contributed by atoms with E-state index >= 15 is 0 Å². The number of rotatable bonds is 4. The lowest BCUT2D eigenvalue weighted by Gasteiger charge is -2.11. The van der Waals surface area contributed by atoms with Crippen molar-refractivity contribution in [2.24, 2.45) is 5.92 Å². The third-order valence-electron chi connectivity index (χ3n) is 3.21. The number of hydrogen-bond acceptors (Lipinski definition) is 3. The van der Waals surface area contributed by atoms with Crippen molar-refractivity contribution in [3.8, 4) is 0 Å². The highest BCUT2D eigenvalue weighted by Crippen LogP contribution is 2.28. The SMILES string of the molecule is O=[N+]([O-])c1ccc(F)cc1NCC1CCCC1. The number of nitrogens with one attached hydrogen (secondary N) is 1. The van der Waals surface area contributed by atoms with Gasteiger partial charge in [0.2, 0.25) is 0 Å². The van der Waals surface area contributed by atoms with Crippen molar-refractivity contribution >= 4 is 11.4 Å². The van der Waals surface area contributed by atoms with Crippen molar-refractivity contribution in [3.63, 3.8) is 0 Å². The predicted octanol–water partition coefficient (Wildman–Crippen LogP) is 3.34. The van der Waals surface area contributed by atoms with Gasteiger partial charge in [0.05, 0.1) is 4.92 Å². The van der Waals surface area contributed by atoms with E-state index in [1.807, 2.05) is 0 Å². The summed E-state index contributed by atoms with van der Waals surface area (Å²) in [6.07, 6.45) is 4.74. The predicted molar refractivity (Wildman–Crippen MR) is 63.5 cm³/mol. The Morgan fingerprint density at radius 3 is 2.76 bits per heavy atom. The molecule has 0 atom stereocenters. The number of benzene rings is 1. The lowest BCUT2D eigenvalue weighted by atomic mass is 10.1. The van der Waals surface area contributed by atoms with Crippen molar-refractivity contribution < 1.29 is 9.31 Å². The number of hydrogen-bond donors (Lipinski definition) is 1. The second-order valence-corrected chi connectivity index (χ2v) is 4.45. The molecular weight excluding hydrogens is 223 g/mol. The molecule has 1 saturated carbocycles. The monoisotopic (exact) mass is 238 g/mol. The van der Waals surface area contributed by atoms with Crippen LogP contribution in [0.2, 0.25) is 0 Å². The Morgan fingerprint density at radius 1 is 1.41 bits per heavy atom. The fourth-order valence-electron chi connectivity index (χ4n) is 2.28. The van der Waals surface area contributed by atoms with Gasteiger partial charge in [0.25, 0.3) is 5.69 Å². The van der Waals surface area contributed by atoms with Crippen molar-refractivity contribution in [2.75, 3.05) is 11.9 Å². The van der Waals surface area contributed by atoms with E-state index in [0.29, 0.717) is 12.5 Å². The first kappa shape index (κ1) is 11.8. The fourth-order valence-corrected chi connectivity index (χ4v) is 2.28. The minimum absolute atomic E-state index is 0.0654. The van der Waals surface area contributed by atoms with Crippen LogP contribution >= 0.6 is 0 Å². The lowest BCUT2D eigenvalue weighted by molar-refractivity contribution is -0.384. The molecule has 5 heteroatoms. The van der Waals surface area contributed by atoms with Crippen LogP contribution < -0.4 is 5.32 Å². The minimum atomic E-state index is -0.490. The molecule has 0 radical (unpaired) electrons. The van der Waals surface area contributed by atoms with Crippen LogP contribution in [0.3, 0.4) is 0 Å². The van der Waals surface area contributed by atoms with Gasteiger partial charge in [0.1, 0.15) is 11.5 Å². The minimum Gasteiger partial charge on any atom is -0.379 e. The Labute approximate surface area is 99.0 Å². The van der Waals surface area contributed by atoms with Crippen molar-refractivity contribution in [2.45, 2.75) is 25.7 Å². The van der Waals surface area contributed by atoms with Crippen molar-refractivity contribution in [3.05, 3.63) is 34.1 Å². The van der Waals surface area contributed by atoms with Crippen LogP contribution in [0.15, 0.2) is 18.2 Å². The van der Waals surface area contributed by atoms with Gasteiger partial charge in [-0.25, -0.2) is 4.39 Å². The molecule has 0 aliphatic heterocycles. The van der Waals surface area contributed by atoms with Crippen LogP contribution in [-0.4, -0.2) is 11.5 Å². The fraction of sp³-hybridized carbons (Fsp3) is 0.500. The number of nitro benzene ring substituents is 1. The molecule has 0 aromatic heterocycles. The van der Waals surface area contributed by atoms with Crippen molar-refractivity contribution in [1.29, 1.82) is 0 Å². The first-order valence-electron chi connectivity index (χ1n) is 5.84.